The largest absolute Gasteiger partial charge is 0.481 e. The Morgan fingerprint density at radius 1 is 1.30 bits per heavy atom. The second-order valence-electron chi connectivity index (χ2n) is 3.97. The molecule has 1 amide bonds. The van der Waals surface area contributed by atoms with E-state index >= 15 is 0 Å². The lowest BCUT2D eigenvalue weighted by Crippen LogP contribution is -2.42. The molecule has 0 rings (SSSR count). The number of hydrogen-bond donors (Lipinski definition) is 4. The fourth-order valence-corrected chi connectivity index (χ4v) is 1.61. The molecule has 0 aromatic heterocycles. The summed E-state index contributed by atoms with van der Waals surface area (Å²) >= 11 is 3.94. The van der Waals surface area contributed by atoms with Gasteiger partial charge < -0.3 is 15.2 Å². The fraction of sp³-hybridized carbons (Fsp3) is 0.636. The first-order chi connectivity index (χ1) is 9.40. The van der Waals surface area contributed by atoms with Gasteiger partial charge in [0.1, 0.15) is 0 Å². The number of hydrogen-bond acceptors (Lipinski definition) is 7. The predicted molar refractivity (Wildman–Crippen MR) is 72.0 cm³/mol. The summed E-state index contributed by atoms with van der Waals surface area (Å²) in [5.74, 6) is -1.86. The van der Waals surface area contributed by atoms with Gasteiger partial charge in [0.15, 0.2) is 12.0 Å². The van der Waals surface area contributed by atoms with Crippen LogP contribution in [0.2, 0.25) is 0 Å². The number of carboxylic acid groups (broad SMARTS) is 1. The van der Waals surface area contributed by atoms with Crippen molar-refractivity contribution >= 4 is 36.8 Å². The Morgan fingerprint density at radius 3 is 2.45 bits per heavy atom. The first-order valence-electron chi connectivity index (χ1n) is 5.90. The number of ketones is 1. The molecular weight excluding hydrogens is 288 g/mol. The number of aliphatic carboxylic acids is 1. The van der Waals surface area contributed by atoms with Crippen LogP contribution in [0.1, 0.15) is 25.7 Å². The van der Waals surface area contributed by atoms with Crippen LogP contribution in [0.25, 0.3) is 0 Å². The van der Waals surface area contributed by atoms with Crippen LogP contribution in [0.4, 0.5) is 0 Å². The molecule has 0 saturated carbocycles. The summed E-state index contributed by atoms with van der Waals surface area (Å²) < 4.78 is 4.41. The molecule has 0 fully saturated rings. The van der Waals surface area contributed by atoms with Crippen LogP contribution in [-0.4, -0.2) is 47.3 Å². The summed E-state index contributed by atoms with van der Waals surface area (Å²) in [5.41, 5.74) is 5.36. The number of carbonyl (C=O) groups is 4. The van der Waals surface area contributed by atoms with E-state index in [-0.39, 0.29) is 37.9 Å². The third-order valence-corrected chi connectivity index (χ3v) is 2.74. The highest BCUT2D eigenvalue weighted by Crippen LogP contribution is 2.01. The molecular formula is C11H18N2O6S. The minimum Gasteiger partial charge on any atom is -0.481 e. The highest BCUT2D eigenvalue weighted by molar-refractivity contribution is 7.80. The van der Waals surface area contributed by atoms with Crippen LogP contribution >= 0.6 is 12.6 Å². The SMILES string of the molecule is N[C@@H](CCC(=O)N[C@H](CS)C(=O)CCC(=O)O)OC=O. The molecule has 0 saturated heterocycles. The number of carbonyl (C=O) groups excluding carboxylic acids is 3. The number of nitrogens with two attached hydrogens (primary N) is 1. The molecule has 2 atom stereocenters. The van der Waals surface area contributed by atoms with Gasteiger partial charge in [-0.2, -0.15) is 12.6 Å². The Bertz CT molecular complexity index is 363. The van der Waals surface area contributed by atoms with E-state index in [0.717, 1.165) is 0 Å². The van der Waals surface area contributed by atoms with E-state index < -0.39 is 29.9 Å². The monoisotopic (exact) mass is 306 g/mol. The van der Waals surface area contributed by atoms with Gasteiger partial charge in [-0.05, 0) is 0 Å². The molecule has 0 spiro atoms. The molecule has 8 nitrogen and oxygen atoms in total. The van der Waals surface area contributed by atoms with Gasteiger partial charge in [0.05, 0.1) is 12.5 Å². The number of nitrogens with one attached hydrogen (secondary N) is 1. The van der Waals surface area contributed by atoms with Gasteiger partial charge in [-0.25, -0.2) is 0 Å². The van der Waals surface area contributed by atoms with Gasteiger partial charge in [0, 0.05) is 25.0 Å². The third-order valence-electron chi connectivity index (χ3n) is 2.38. The molecule has 0 aromatic rings. The molecule has 114 valence electrons. The minimum atomic E-state index is -1.08. The fourth-order valence-electron chi connectivity index (χ4n) is 1.31. The lowest BCUT2D eigenvalue weighted by Gasteiger charge is -2.16. The highest BCUT2D eigenvalue weighted by atomic mass is 32.1. The van der Waals surface area contributed by atoms with E-state index in [1.54, 1.807) is 0 Å². The summed E-state index contributed by atoms with van der Waals surface area (Å²) in [7, 11) is 0. The summed E-state index contributed by atoms with van der Waals surface area (Å²) in [5, 5.41) is 10.9. The van der Waals surface area contributed by atoms with Crippen LogP contribution in [0.3, 0.4) is 0 Å². The summed E-state index contributed by atoms with van der Waals surface area (Å²) in [6.45, 7) is 0.189. The van der Waals surface area contributed by atoms with Crippen LogP contribution in [0.5, 0.6) is 0 Å². The molecule has 9 heteroatoms. The van der Waals surface area contributed by atoms with Crippen LogP contribution in [0.15, 0.2) is 0 Å². The van der Waals surface area contributed by atoms with Gasteiger partial charge >= 0.3 is 5.97 Å². The number of ether oxygens (including phenoxy) is 1. The average Bonchev–Trinajstić information content (AvgIpc) is 2.40. The Morgan fingerprint density at radius 2 is 1.95 bits per heavy atom. The number of Topliss-reactive ketones (excluding diaryl/α,β-unsaturated/α-hetero) is 1. The van der Waals surface area contributed by atoms with Crippen LogP contribution < -0.4 is 11.1 Å². The molecule has 0 heterocycles. The van der Waals surface area contributed by atoms with Gasteiger partial charge in [-0.3, -0.25) is 24.9 Å². The number of rotatable bonds is 11. The Hall–Kier alpha value is -1.61. The van der Waals surface area contributed by atoms with E-state index in [4.69, 9.17) is 10.8 Å². The second-order valence-corrected chi connectivity index (χ2v) is 4.34. The lowest BCUT2D eigenvalue weighted by atomic mass is 10.1. The van der Waals surface area contributed by atoms with Crippen molar-refractivity contribution < 1.29 is 29.0 Å². The summed E-state index contributed by atoms with van der Waals surface area (Å²) in [4.78, 5) is 43.5. The zero-order valence-electron chi connectivity index (χ0n) is 10.8. The van der Waals surface area contributed by atoms with E-state index in [1.165, 1.54) is 0 Å². The van der Waals surface area contributed by atoms with E-state index in [1.807, 2.05) is 0 Å². The molecule has 0 aliphatic heterocycles. The molecule has 0 bridgehead atoms. The van der Waals surface area contributed by atoms with Crippen molar-refractivity contribution in [3.8, 4) is 0 Å². The highest BCUT2D eigenvalue weighted by Gasteiger charge is 2.20. The topological polar surface area (TPSA) is 136 Å². The Balaban J connectivity index is 4.14. The zero-order valence-corrected chi connectivity index (χ0v) is 11.7. The first-order valence-corrected chi connectivity index (χ1v) is 6.53. The van der Waals surface area contributed by atoms with Crippen molar-refractivity contribution in [2.45, 2.75) is 38.0 Å². The molecule has 0 aliphatic rings. The Labute approximate surface area is 121 Å². The maximum Gasteiger partial charge on any atom is 0.303 e. The second kappa shape index (κ2) is 10.2. The zero-order chi connectivity index (χ0) is 15.5. The number of carboxylic acids is 1. The Kier molecular flexibility index (Phi) is 9.39. The first kappa shape index (κ1) is 18.4. The van der Waals surface area contributed by atoms with Crippen LogP contribution in [0, 0.1) is 0 Å². The number of thiol groups is 1. The van der Waals surface area contributed by atoms with Crippen molar-refractivity contribution in [3.63, 3.8) is 0 Å². The molecule has 0 aliphatic carbocycles. The maximum atomic E-state index is 11.6. The van der Waals surface area contributed by atoms with Crippen molar-refractivity contribution in [1.82, 2.24) is 5.32 Å². The minimum absolute atomic E-state index is 0.0223. The normalized spacial score (nSPS) is 13.1. The third kappa shape index (κ3) is 8.48. The van der Waals surface area contributed by atoms with Gasteiger partial charge in [0.2, 0.25) is 5.91 Å². The smallest absolute Gasteiger partial charge is 0.303 e. The lowest BCUT2D eigenvalue weighted by molar-refractivity contribution is -0.139. The predicted octanol–water partition coefficient (Wildman–Crippen LogP) is -0.927. The quantitative estimate of drug-likeness (QED) is 0.220. The van der Waals surface area contributed by atoms with Crippen molar-refractivity contribution in [1.29, 1.82) is 0 Å². The molecule has 0 unspecified atom stereocenters. The summed E-state index contributed by atoms with van der Waals surface area (Å²) in [6, 6.07) is -0.839. The van der Waals surface area contributed by atoms with Gasteiger partial charge in [-0.15, -0.1) is 0 Å². The summed E-state index contributed by atoms with van der Waals surface area (Å²) in [6.07, 6.45) is -1.25. The van der Waals surface area contributed by atoms with E-state index in [0.29, 0.717) is 0 Å². The maximum absolute atomic E-state index is 11.6. The average molecular weight is 306 g/mol. The van der Waals surface area contributed by atoms with Gasteiger partial charge in [-0.1, -0.05) is 0 Å². The standard InChI is InChI=1S/C11H18N2O6S/c12-9(19-6-14)2-3-10(16)13-7(5-20)8(15)1-4-11(17)18/h6-7,9,20H,1-5,12H2,(H,13,16)(H,17,18)/t7-,9-/m1/s1. The van der Waals surface area contributed by atoms with Crippen molar-refractivity contribution in [3.05, 3.63) is 0 Å². The van der Waals surface area contributed by atoms with E-state index in [9.17, 15) is 19.2 Å². The van der Waals surface area contributed by atoms with Crippen LogP contribution in [-0.2, 0) is 23.9 Å². The molecule has 0 radical (unpaired) electrons. The molecule has 4 N–H and O–H groups in total. The number of amides is 1. The van der Waals surface area contributed by atoms with Gasteiger partial charge in [0.25, 0.3) is 6.47 Å². The van der Waals surface area contributed by atoms with Crippen molar-refractivity contribution in [2.75, 3.05) is 5.75 Å². The van der Waals surface area contributed by atoms with E-state index in [2.05, 4.69) is 22.7 Å². The van der Waals surface area contributed by atoms with Crippen molar-refractivity contribution in [2.24, 2.45) is 5.73 Å². The molecule has 0 aromatic carbocycles. The molecule has 20 heavy (non-hydrogen) atoms.